The molecule has 3 aromatic rings. The van der Waals surface area contributed by atoms with E-state index in [1.54, 1.807) is 13.8 Å². The monoisotopic (exact) mass is 366 g/mol. The van der Waals surface area contributed by atoms with Gasteiger partial charge in [0, 0.05) is 6.54 Å². The summed E-state index contributed by atoms with van der Waals surface area (Å²) in [5.41, 5.74) is 2.28. The third-order valence-corrected chi connectivity index (χ3v) is 4.78. The molecule has 1 heterocycles. The molecule has 4 nitrogen and oxygen atoms in total. The number of rotatable bonds is 8. The van der Waals surface area contributed by atoms with E-state index in [-0.39, 0.29) is 0 Å². The van der Waals surface area contributed by atoms with Crippen molar-refractivity contribution in [1.82, 2.24) is 9.55 Å². The van der Waals surface area contributed by atoms with Gasteiger partial charge >= 0.3 is 0 Å². The van der Waals surface area contributed by atoms with E-state index in [4.69, 9.17) is 4.74 Å². The Labute approximate surface area is 161 Å². The number of aliphatic hydroxyl groups is 1. The Hall–Kier alpha value is -2.33. The van der Waals surface area contributed by atoms with Gasteiger partial charge in [0.1, 0.15) is 17.2 Å². The summed E-state index contributed by atoms with van der Waals surface area (Å²) in [4.78, 5) is 4.64. The van der Waals surface area contributed by atoms with E-state index in [2.05, 4.69) is 41.6 Å². The molecule has 2 aromatic carbocycles. The van der Waals surface area contributed by atoms with Crippen molar-refractivity contribution in [3.05, 3.63) is 59.9 Å². The van der Waals surface area contributed by atoms with Crippen molar-refractivity contribution in [2.24, 2.45) is 0 Å². The highest BCUT2D eigenvalue weighted by Crippen LogP contribution is 2.27. The maximum Gasteiger partial charge on any atom is 0.141 e. The number of hydrogen-bond acceptors (Lipinski definition) is 3. The molecule has 0 fully saturated rings. The van der Waals surface area contributed by atoms with Gasteiger partial charge in [-0.05, 0) is 56.4 Å². The maximum atomic E-state index is 10.5. The zero-order valence-electron chi connectivity index (χ0n) is 16.8. The molecular formula is C23H30N2O2. The Morgan fingerprint density at radius 1 is 1.04 bits per heavy atom. The van der Waals surface area contributed by atoms with E-state index in [1.165, 1.54) is 5.56 Å². The molecule has 0 unspecified atom stereocenters. The van der Waals surface area contributed by atoms with Crippen molar-refractivity contribution in [2.75, 3.05) is 6.61 Å². The lowest BCUT2D eigenvalue weighted by molar-refractivity contribution is 0.0650. The standard InChI is InChI=1S/C23H30N2O2/c1-17(2)18-11-5-8-14-21(18)27-16-10-9-15-25-20-13-7-6-12-19(20)24-22(25)23(3,4)26/h5-8,11-14,17,26H,9-10,15-16H2,1-4H3. The first-order valence-corrected chi connectivity index (χ1v) is 9.78. The zero-order chi connectivity index (χ0) is 19.4. The molecule has 0 radical (unpaired) electrons. The lowest BCUT2D eigenvalue weighted by Crippen LogP contribution is -2.22. The summed E-state index contributed by atoms with van der Waals surface area (Å²) in [6.45, 7) is 9.45. The topological polar surface area (TPSA) is 47.3 Å². The SMILES string of the molecule is CC(C)c1ccccc1OCCCCn1c(C(C)(C)O)nc2ccccc21. The summed E-state index contributed by atoms with van der Waals surface area (Å²) in [5, 5.41) is 10.5. The summed E-state index contributed by atoms with van der Waals surface area (Å²) >= 11 is 0. The van der Waals surface area contributed by atoms with E-state index in [0.29, 0.717) is 12.5 Å². The summed E-state index contributed by atoms with van der Waals surface area (Å²) in [7, 11) is 0. The first-order valence-electron chi connectivity index (χ1n) is 9.78. The Morgan fingerprint density at radius 3 is 2.48 bits per heavy atom. The highest BCUT2D eigenvalue weighted by Gasteiger charge is 2.24. The van der Waals surface area contributed by atoms with Crippen LogP contribution in [-0.4, -0.2) is 21.3 Å². The van der Waals surface area contributed by atoms with Crippen LogP contribution in [0.15, 0.2) is 48.5 Å². The molecule has 0 aliphatic heterocycles. The van der Waals surface area contributed by atoms with Gasteiger partial charge in [-0.15, -0.1) is 0 Å². The molecule has 144 valence electrons. The number of imidazole rings is 1. The van der Waals surface area contributed by atoms with Crippen molar-refractivity contribution in [3.63, 3.8) is 0 Å². The molecule has 0 spiro atoms. The van der Waals surface area contributed by atoms with Gasteiger partial charge in [0.05, 0.1) is 17.6 Å². The van der Waals surface area contributed by atoms with Crippen LogP contribution in [0.4, 0.5) is 0 Å². The van der Waals surface area contributed by atoms with Crippen molar-refractivity contribution < 1.29 is 9.84 Å². The minimum atomic E-state index is -0.967. The Kier molecular flexibility index (Phi) is 5.85. The highest BCUT2D eigenvalue weighted by molar-refractivity contribution is 5.76. The third-order valence-electron chi connectivity index (χ3n) is 4.78. The molecule has 0 saturated heterocycles. The van der Waals surface area contributed by atoms with Crippen LogP contribution < -0.4 is 4.74 Å². The fraction of sp³-hybridized carbons (Fsp3) is 0.435. The first kappa shape index (κ1) is 19.4. The van der Waals surface area contributed by atoms with E-state index in [1.807, 2.05) is 30.3 Å². The molecule has 0 bridgehead atoms. The van der Waals surface area contributed by atoms with E-state index >= 15 is 0 Å². The number of benzene rings is 2. The average molecular weight is 367 g/mol. The van der Waals surface area contributed by atoms with Gasteiger partial charge in [0.15, 0.2) is 0 Å². The average Bonchev–Trinajstić information content (AvgIpc) is 3.01. The van der Waals surface area contributed by atoms with Crippen LogP contribution in [-0.2, 0) is 12.1 Å². The van der Waals surface area contributed by atoms with Crippen molar-refractivity contribution in [2.45, 2.75) is 58.6 Å². The first-order chi connectivity index (χ1) is 12.9. The van der Waals surface area contributed by atoms with Crippen LogP contribution in [0.5, 0.6) is 5.75 Å². The lowest BCUT2D eigenvalue weighted by Gasteiger charge is -2.19. The molecule has 0 aliphatic carbocycles. The van der Waals surface area contributed by atoms with E-state index < -0.39 is 5.60 Å². The van der Waals surface area contributed by atoms with Crippen molar-refractivity contribution in [3.8, 4) is 5.75 Å². The fourth-order valence-corrected chi connectivity index (χ4v) is 3.41. The third kappa shape index (κ3) is 4.51. The van der Waals surface area contributed by atoms with Crippen molar-refractivity contribution >= 4 is 11.0 Å². The number of hydrogen-bond donors (Lipinski definition) is 1. The van der Waals surface area contributed by atoms with Gasteiger partial charge in [0.25, 0.3) is 0 Å². The normalized spacial score (nSPS) is 12.1. The van der Waals surface area contributed by atoms with Gasteiger partial charge in [-0.25, -0.2) is 4.98 Å². The van der Waals surface area contributed by atoms with Crippen LogP contribution in [0.3, 0.4) is 0 Å². The zero-order valence-corrected chi connectivity index (χ0v) is 16.8. The number of aryl methyl sites for hydroxylation is 1. The second kappa shape index (κ2) is 8.13. The quantitative estimate of drug-likeness (QED) is 0.554. The molecule has 3 rings (SSSR count). The van der Waals surface area contributed by atoms with Gasteiger partial charge in [0.2, 0.25) is 0 Å². The van der Waals surface area contributed by atoms with E-state index in [9.17, 15) is 5.11 Å². The van der Waals surface area contributed by atoms with Gasteiger partial charge < -0.3 is 14.4 Å². The van der Waals surface area contributed by atoms with Gasteiger partial charge in [-0.3, -0.25) is 0 Å². The number of fused-ring (bicyclic) bond motifs is 1. The van der Waals surface area contributed by atoms with Crippen LogP contribution in [0.2, 0.25) is 0 Å². The second-order valence-corrected chi connectivity index (χ2v) is 7.88. The number of nitrogens with zero attached hydrogens (tertiary/aromatic N) is 2. The molecule has 1 N–H and O–H groups in total. The molecule has 4 heteroatoms. The molecule has 1 aromatic heterocycles. The number of para-hydroxylation sites is 3. The molecule has 0 saturated carbocycles. The summed E-state index contributed by atoms with van der Waals surface area (Å²) in [6, 6.07) is 16.3. The number of ether oxygens (including phenoxy) is 1. The lowest BCUT2D eigenvalue weighted by atomic mass is 10.0. The molecule has 0 atom stereocenters. The summed E-state index contributed by atoms with van der Waals surface area (Å²) in [5.74, 6) is 2.15. The summed E-state index contributed by atoms with van der Waals surface area (Å²) < 4.78 is 8.16. The smallest absolute Gasteiger partial charge is 0.141 e. The summed E-state index contributed by atoms with van der Waals surface area (Å²) in [6.07, 6.45) is 1.91. The van der Waals surface area contributed by atoms with Crippen LogP contribution in [0.1, 0.15) is 57.8 Å². The fourth-order valence-electron chi connectivity index (χ4n) is 3.41. The van der Waals surface area contributed by atoms with Gasteiger partial charge in [-0.1, -0.05) is 44.2 Å². The Balaban J connectivity index is 1.63. The van der Waals surface area contributed by atoms with Crippen LogP contribution in [0.25, 0.3) is 11.0 Å². The number of aromatic nitrogens is 2. The highest BCUT2D eigenvalue weighted by atomic mass is 16.5. The largest absolute Gasteiger partial charge is 0.493 e. The molecule has 27 heavy (non-hydrogen) atoms. The second-order valence-electron chi connectivity index (χ2n) is 7.88. The predicted octanol–water partition coefficient (Wildman–Crippen LogP) is 5.25. The minimum Gasteiger partial charge on any atom is -0.493 e. The predicted molar refractivity (Wildman–Crippen MR) is 110 cm³/mol. The molecule has 0 aliphatic rings. The van der Waals surface area contributed by atoms with Crippen LogP contribution >= 0.6 is 0 Å². The maximum absolute atomic E-state index is 10.5. The van der Waals surface area contributed by atoms with E-state index in [0.717, 1.165) is 42.0 Å². The van der Waals surface area contributed by atoms with Crippen molar-refractivity contribution in [1.29, 1.82) is 0 Å². The number of unbranched alkanes of at least 4 members (excludes halogenated alkanes) is 1. The van der Waals surface area contributed by atoms with Crippen LogP contribution in [0, 0.1) is 0 Å². The van der Waals surface area contributed by atoms with Gasteiger partial charge in [-0.2, -0.15) is 0 Å². The Bertz CT molecular complexity index is 891. The molecule has 0 amide bonds. The molecular weight excluding hydrogens is 336 g/mol. The minimum absolute atomic E-state index is 0.452. The Morgan fingerprint density at radius 2 is 1.74 bits per heavy atom.